The van der Waals surface area contributed by atoms with E-state index in [1.54, 1.807) is 60.8 Å². The van der Waals surface area contributed by atoms with Crippen LogP contribution in [0.25, 0.3) is 21.7 Å². The number of hydrogen-bond donors (Lipinski definition) is 2. The van der Waals surface area contributed by atoms with E-state index in [1.165, 1.54) is 11.0 Å². The van der Waals surface area contributed by atoms with E-state index in [0.29, 0.717) is 58.5 Å². The lowest BCUT2D eigenvalue weighted by molar-refractivity contribution is -0.137. The van der Waals surface area contributed by atoms with E-state index in [1.807, 2.05) is 0 Å². The fraction of sp³-hybridized carbons (Fsp3) is 0.289. The van der Waals surface area contributed by atoms with Gasteiger partial charge in [0.2, 0.25) is 5.91 Å². The fourth-order valence-corrected chi connectivity index (χ4v) is 6.41. The zero-order valence-corrected chi connectivity index (χ0v) is 27.5. The summed E-state index contributed by atoms with van der Waals surface area (Å²) in [6.45, 7) is 4.89. The lowest BCUT2D eigenvalue weighted by atomic mass is 10.0. The second kappa shape index (κ2) is 14.4. The SMILES string of the molecule is O=C(Nc1cc(N2CCCC2=O)cc(C(F)(F)F)c1)c1cccc2cc(Oc3ccnc4cc(OCCCN5CCOCC5)c(O)cc34)ccc12. The average molecular weight is 701 g/mol. The maximum atomic E-state index is 13.8. The third-order valence-electron chi connectivity index (χ3n) is 8.97. The number of aromatic nitrogens is 1. The maximum absolute atomic E-state index is 13.8. The molecule has 0 atom stereocenters. The van der Waals surface area contributed by atoms with Crippen LogP contribution in [0.15, 0.2) is 79.0 Å². The summed E-state index contributed by atoms with van der Waals surface area (Å²) >= 11 is 0. The monoisotopic (exact) mass is 700 g/mol. The second-order valence-electron chi connectivity index (χ2n) is 12.5. The van der Waals surface area contributed by atoms with Crippen LogP contribution in [0.1, 0.15) is 35.2 Å². The summed E-state index contributed by atoms with van der Waals surface area (Å²) in [5.74, 6) is 0.312. The highest BCUT2D eigenvalue weighted by Gasteiger charge is 2.33. The van der Waals surface area contributed by atoms with Crippen LogP contribution in [-0.4, -0.2) is 72.8 Å². The van der Waals surface area contributed by atoms with Crippen LogP contribution >= 0.6 is 0 Å². The molecule has 7 rings (SSSR count). The Morgan fingerprint density at radius 2 is 1.80 bits per heavy atom. The molecule has 1 aromatic heterocycles. The highest BCUT2D eigenvalue weighted by molar-refractivity contribution is 6.13. The van der Waals surface area contributed by atoms with E-state index >= 15 is 0 Å². The number of phenols is 1. The van der Waals surface area contributed by atoms with E-state index in [9.17, 15) is 27.9 Å². The highest BCUT2D eigenvalue weighted by atomic mass is 19.4. The van der Waals surface area contributed by atoms with E-state index < -0.39 is 17.6 Å². The first kappa shape index (κ1) is 34.1. The summed E-state index contributed by atoms with van der Waals surface area (Å²) in [6.07, 6.45) is -1.48. The van der Waals surface area contributed by atoms with Crippen LogP contribution in [0.3, 0.4) is 0 Å². The topological polar surface area (TPSA) is 113 Å². The number of rotatable bonds is 10. The Morgan fingerprint density at radius 3 is 2.59 bits per heavy atom. The first-order valence-corrected chi connectivity index (χ1v) is 16.7. The molecule has 2 aliphatic rings. The van der Waals surface area contributed by atoms with Gasteiger partial charge in [0.1, 0.15) is 11.5 Å². The van der Waals surface area contributed by atoms with Crippen molar-refractivity contribution in [2.75, 3.05) is 56.2 Å². The lowest BCUT2D eigenvalue weighted by Crippen LogP contribution is -2.37. The molecule has 2 aliphatic heterocycles. The van der Waals surface area contributed by atoms with Gasteiger partial charge in [-0.15, -0.1) is 0 Å². The first-order valence-electron chi connectivity index (χ1n) is 16.7. The van der Waals surface area contributed by atoms with Crippen LogP contribution in [0.4, 0.5) is 24.5 Å². The number of amides is 2. The van der Waals surface area contributed by atoms with Gasteiger partial charge in [-0.1, -0.05) is 12.1 Å². The van der Waals surface area contributed by atoms with E-state index in [0.717, 1.165) is 51.4 Å². The zero-order chi connectivity index (χ0) is 35.5. The van der Waals surface area contributed by atoms with Crippen molar-refractivity contribution in [2.45, 2.75) is 25.4 Å². The number of anilines is 2. The van der Waals surface area contributed by atoms with Gasteiger partial charge in [-0.25, -0.2) is 0 Å². The van der Waals surface area contributed by atoms with E-state index in [2.05, 4.69) is 15.2 Å². The average Bonchev–Trinajstić information content (AvgIpc) is 3.56. The normalized spacial score (nSPS) is 15.4. The number of hydrogen-bond acceptors (Lipinski definition) is 8. The highest BCUT2D eigenvalue weighted by Crippen LogP contribution is 2.38. The van der Waals surface area contributed by atoms with Gasteiger partial charge >= 0.3 is 6.18 Å². The summed E-state index contributed by atoms with van der Waals surface area (Å²) in [5.41, 5.74) is -0.139. The van der Waals surface area contributed by atoms with Gasteiger partial charge in [-0.05, 0) is 78.2 Å². The molecular formula is C38H35F3N4O6. The predicted octanol–water partition coefficient (Wildman–Crippen LogP) is 7.38. The third-order valence-corrected chi connectivity index (χ3v) is 8.97. The number of carbonyl (C=O) groups is 2. The number of nitrogens with one attached hydrogen (secondary N) is 1. The molecular weight excluding hydrogens is 665 g/mol. The van der Waals surface area contributed by atoms with Gasteiger partial charge in [0.05, 0.1) is 30.9 Å². The molecule has 0 radical (unpaired) electrons. The Morgan fingerprint density at radius 1 is 0.961 bits per heavy atom. The van der Waals surface area contributed by atoms with Gasteiger partial charge < -0.3 is 29.5 Å². The number of phenolic OH excluding ortho intramolecular Hbond substituents is 1. The molecule has 2 N–H and O–H groups in total. The number of fused-ring (bicyclic) bond motifs is 2. The third kappa shape index (κ3) is 7.69. The quantitative estimate of drug-likeness (QED) is 0.145. The van der Waals surface area contributed by atoms with Crippen molar-refractivity contribution in [3.63, 3.8) is 0 Å². The largest absolute Gasteiger partial charge is 0.504 e. The molecule has 0 spiro atoms. The van der Waals surface area contributed by atoms with Crippen LogP contribution in [-0.2, 0) is 15.7 Å². The molecule has 2 amide bonds. The number of morpholine rings is 1. The minimum absolute atomic E-state index is 0.0409. The van der Waals surface area contributed by atoms with Crippen LogP contribution in [0.5, 0.6) is 23.0 Å². The summed E-state index contributed by atoms with van der Waals surface area (Å²) in [6, 6.07) is 18.2. The Kier molecular flexibility index (Phi) is 9.65. The predicted molar refractivity (Wildman–Crippen MR) is 186 cm³/mol. The number of alkyl halides is 3. The number of pyridine rings is 1. The van der Waals surface area contributed by atoms with Crippen molar-refractivity contribution in [3.8, 4) is 23.0 Å². The Hall–Kier alpha value is -5.40. The van der Waals surface area contributed by atoms with Gasteiger partial charge in [-0.3, -0.25) is 19.5 Å². The first-order chi connectivity index (χ1) is 24.6. The standard InChI is InChI=1S/C38H35F3N4O6/c39-38(40,41)25-19-26(21-27(20-25)45-12-2-6-36(45)47)43-37(48)30-5-1-4-24-18-28(7-8-29(24)30)51-34-9-10-42-32-23-35(33(46)22-31(32)34)50-15-3-11-44-13-16-49-17-14-44/h1,4-5,7-10,18-23,46H,2-3,6,11-17H2,(H,43,48). The molecule has 264 valence electrons. The van der Waals surface area contributed by atoms with Crippen LogP contribution in [0.2, 0.25) is 0 Å². The summed E-state index contributed by atoms with van der Waals surface area (Å²) < 4.78 is 58.8. The smallest absolute Gasteiger partial charge is 0.416 e. The number of halogens is 3. The molecule has 13 heteroatoms. The van der Waals surface area contributed by atoms with E-state index in [4.69, 9.17) is 14.2 Å². The Labute approximate surface area is 291 Å². The minimum atomic E-state index is -4.67. The van der Waals surface area contributed by atoms with Gasteiger partial charge in [0, 0.05) is 67.2 Å². The molecule has 4 aromatic carbocycles. The van der Waals surface area contributed by atoms with Crippen molar-refractivity contribution >= 4 is 44.9 Å². The minimum Gasteiger partial charge on any atom is -0.504 e. The summed E-state index contributed by atoms with van der Waals surface area (Å²) in [4.78, 5) is 33.8. The Balaban J connectivity index is 1.08. The van der Waals surface area contributed by atoms with E-state index in [-0.39, 0.29) is 35.0 Å². The molecule has 2 fully saturated rings. The summed E-state index contributed by atoms with van der Waals surface area (Å²) in [7, 11) is 0. The van der Waals surface area contributed by atoms with Gasteiger partial charge in [0.15, 0.2) is 11.5 Å². The molecule has 0 saturated carbocycles. The van der Waals surface area contributed by atoms with Gasteiger partial charge in [-0.2, -0.15) is 13.2 Å². The fourth-order valence-electron chi connectivity index (χ4n) is 6.41. The molecule has 10 nitrogen and oxygen atoms in total. The number of aromatic hydroxyl groups is 1. The van der Waals surface area contributed by atoms with Gasteiger partial charge in [0.25, 0.3) is 5.91 Å². The van der Waals surface area contributed by atoms with Crippen molar-refractivity contribution in [1.82, 2.24) is 9.88 Å². The molecule has 51 heavy (non-hydrogen) atoms. The molecule has 5 aromatic rings. The molecule has 0 bridgehead atoms. The number of ether oxygens (including phenoxy) is 3. The summed E-state index contributed by atoms with van der Waals surface area (Å²) in [5, 5.41) is 15.1. The Bertz CT molecular complexity index is 2100. The number of carbonyl (C=O) groups excluding carboxylic acids is 2. The second-order valence-corrected chi connectivity index (χ2v) is 12.5. The van der Waals surface area contributed by atoms with Crippen molar-refractivity contribution < 1.29 is 42.1 Å². The zero-order valence-electron chi connectivity index (χ0n) is 27.5. The number of nitrogens with zero attached hydrogens (tertiary/aromatic N) is 3. The molecule has 0 aliphatic carbocycles. The van der Waals surface area contributed by atoms with Crippen LogP contribution in [0, 0.1) is 0 Å². The molecule has 0 unspecified atom stereocenters. The molecule has 3 heterocycles. The maximum Gasteiger partial charge on any atom is 0.416 e. The van der Waals surface area contributed by atoms with Crippen molar-refractivity contribution in [1.29, 1.82) is 0 Å². The van der Waals surface area contributed by atoms with Crippen LogP contribution < -0.4 is 19.7 Å². The molecule has 2 saturated heterocycles. The van der Waals surface area contributed by atoms with Crippen molar-refractivity contribution in [2.24, 2.45) is 0 Å². The number of benzene rings is 4. The van der Waals surface area contributed by atoms with Crippen molar-refractivity contribution in [3.05, 3.63) is 90.1 Å². The lowest BCUT2D eigenvalue weighted by Gasteiger charge is -2.26.